The van der Waals surface area contributed by atoms with Crippen LogP contribution >= 0.6 is 11.3 Å². The van der Waals surface area contributed by atoms with Crippen LogP contribution in [0.3, 0.4) is 0 Å². The van der Waals surface area contributed by atoms with E-state index in [2.05, 4.69) is 10.3 Å². The Hall–Kier alpha value is -2.31. The van der Waals surface area contributed by atoms with E-state index in [1.165, 1.54) is 6.07 Å². The number of benzene rings is 2. The fourth-order valence-corrected chi connectivity index (χ4v) is 3.60. The van der Waals surface area contributed by atoms with E-state index < -0.39 is 0 Å². The van der Waals surface area contributed by atoms with Gasteiger partial charge in [-0.05, 0) is 32.2 Å². The number of nitrogens with one attached hydrogen (secondary N) is 1. The molecule has 0 bridgehead atoms. The minimum atomic E-state index is -0.306. The van der Waals surface area contributed by atoms with Crippen LogP contribution in [0, 0.1) is 5.82 Å². The third-order valence-corrected chi connectivity index (χ3v) is 5.36. The van der Waals surface area contributed by atoms with Gasteiger partial charge in [0.15, 0.2) is 0 Å². The standard InChI is InChI=1S/C19H20FN3OS/c1-13(19-22-16-9-5-6-10-17(16)25-19)23(2)12-18(24)21-11-14-7-3-4-8-15(14)20/h3-10,13H,11-12H2,1-2H3,(H,21,24)/t13-/m1/s1. The number of carbonyl (C=O) groups is 1. The van der Waals surface area contributed by atoms with Gasteiger partial charge < -0.3 is 5.32 Å². The lowest BCUT2D eigenvalue weighted by atomic mass is 10.2. The zero-order valence-corrected chi connectivity index (χ0v) is 15.0. The van der Waals surface area contributed by atoms with E-state index in [-0.39, 0.29) is 30.9 Å². The molecule has 1 aromatic heterocycles. The molecule has 6 heteroatoms. The summed E-state index contributed by atoms with van der Waals surface area (Å²) in [4.78, 5) is 18.7. The molecule has 0 spiro atoms. The number of nitrogens with zero attached hydrogens (tertiary/aromatic N) is 2. The van der Waals surface area contributed by atoms with Gasteiger partial charge in [0.1, 0.15) is 10.8 Å². The molecule has 0 aliphatic carbocycles. The number of aromatic nitrogens is 1. The average Bonchev–Trinajstić information content (AvgIpc) is 3.04. The van der Waals surface area contributed by atoms with Gasteiger partial charge in [0.2, 0.25) is 5.91 Å². The van der Waals surface area contributed by atoms with Gasteiger partial charge in [0, 0.05) is 12.1 Å². The van der Waals surface area contributed by atoms with Gasteiger partial charge in [-0.1, -0.05) is 30.3 Å². The van der Waals surface area contributed by atoms with Crippen molar-refractivity contribution >= 4 is 27.5 Å². The number of hydrogen-bond donors (Lipinski definition) is 1. The summed E-state index contributed by atoms with van der Waals surface area (Å²) in [6.45, 7) is 2.45. The highest BCUT2D eigenvalue weighted by Crippen LogP contribution is 2.28. The molecule has 25 heavy (non-hydrogen) atoms. The first-order valence-electron chi connectivity index (χ1n) is 8.10. The van der Waals surface area contributed by atoms with Crippen molar-refractivity contribution in [2.45, 2.75) is 19.5 Å². The number of rotatable bonds is 6. The average molecular weight is 357 g/mol. The molecule has 1 amide bonds. The summed E-state index contributed by atoms with van der Waals surface area (Å²) in [6.07, 6.45) is 0. The lowest BCUT2D eigenvalue weighted by Gasteiger charge is -2.22. The van der Waals surface area contributed by atoms with Gasteiger partial charge in [-0.3, -0.25) is 9.69 Å². The normalized spacial score (nSPS) is 12.5. The van der Waals surface area contributed by atoms with Crippen molar-refractivity contribution in [1.82, 2.24) is 15.2 Å². The number of amides is 1. The molecule has 3 rings (SSSR count). The van der Waals surface area contributed by atoms with Gasteiger partial charge in [0.05, 0.1) is 22.8 Å². The third kappa shape index (κ3) is 4.21. The summed E-state index contributed by atoms with van der Waals surface area (Å²) < 4.78 is 14.7. The quantitative estimate of drug-likeness (QED) is 0.731. The number of carbonyl (C=O) groups excluding carboxylic acids is 1. The van der Waals surface area contributed by atoms with E-state index in [9.17, 15) is 9.18 Å². The topological polar surface area (TPSA) is 45.2 Å². The van der Waals surface area contributed by atoms with Crippen molar-refractivity contribution < 1.29 is 9.18 Å². The summed E-state index contributed by atoms with van der Waals surface area (Å²) in [5, 5.41) is 3.74. The fourth-order valence-electron chi connectivity index (χ4n) is 2.51. The second-order valence-electron chi connectivity index (χ2n) is 5.98. The SMILES string of the molecule is C[C@H](c1nc2ccccc2s1)N(C)CC(=O)NCc1ccccc1F. The van der Waals surface area contributed by atoms with Gasteiger partial charge in [-0.25, -0.2) is 9.37 Å². The predicted octanol–water partition coefficient (Wildman–Crippen LogP) is 3.74. The maximum Gasteiger partial charge on any atom is 0.234 e. The Morgan fingerprint density at radius 3 is 2.72 bits per heavy atom. The summed E-state index contributed by atoms with van der Waals surface area (Å²) in [6, 6.07) is 14.5. The fraction of sp³-hybridized carbons (Fsp3) is 0.263. The molecule has 4 nitrogen and oxygen atoms in total. The van der Waals surface area contributed by atoms with E-state index in [4.69, 9.17) is 0 Å². The number of halogens is 1. The molecule has 1 N–H and O–H groups in total. The molecule has 0 saturated carbocycles. The Bertz CT molecular complexity index is 847. The third-order valence-electron chi connectivity index (χ3n) is 4.16. The Labute approximate surface area is 150 Å². The van der Waals surface area contributed by atoms with Gasteiger partial charge in [-0.2, -0.15) is 0 Å². The molecule has 0 aliphatic rings. The van der Waals surface area contributed by atoms with Crippen LogP contribution in [0.25, 0.3) is 10.2 Å². The molecular weight excluding hydrogens is 337 g/mol. The highest BCUT2D eigenvalue weighted by Gasteiger charge is 2.18. The second-order valence-corrected chi connectivity index (χ2v) is 7.04. The second kappa shape index (κ2) is 7.72. The minimum absolute atomic E-state index is 0.0246. The molecular formula is C19H20FN3OS. The van der Waals surface area contributed by atoms with Crippen LogP contribution in [-0.4, -0.2) is 29.4 Å². The van der Waals surface area contributed by atoms with Gasteiger partial charge >= 0.3 is 0 Å². The van der Waals surface area contributed by atoms with E-state index in [1.54, 1.807) is 29.5 Å². The number of hydrogen-bond acceptors (Lipinski definition) is 4. The van der Waals surface area contributed by atoms with E-state index in [1.807, 2.05) is 43.1 Å². The monoisotopic (exact) mass is 357 g/mol. The van der Waals surface area contributed by atoms with Crippen LogP contribution in [0.4, 0.5) is 4.39 Å². The first-order chi connectivity index (χ1) is 12.0. The maximum absolute atomic E-state index is 13.6. The van der Waals surface area contributed by atoms with Crippen molar-refractivity contribution in [3.05, 3.63) is 64.9 Å². The van der Waals surface area contributed by atoms with Gasteiger partial charge in [0.25, 0.3) is 0 Å². The summed E-state index contributed by atoms with van der Waals surface area (Å²) in [5.74, 6) is -0.447. The molecule has 0 saturated heterocycles. The number of likely N-dealkylation sites (N-methyl/N-ethyl adjacent to an activating group) is 1. The molecule has 130 valence electrons. The number of para-hydroxylation sites is 1. The van der Waals surface area contributed by atoms with Crippen LogP contribution < -0.4 is 5.32 Å². The van der Waals surface area contributed by atoms with Crippen LogP contribution in [0.5, 0.6) is 0 Å². The highest BCUT2D eigenvalue weighted by atomic mass is 32.1. The largest absolute Gasteiger partial charge is 0.351 e. The predicted molar refractivity (Wildman–Crippen MR) is 98.9 cm³/mol. The van der Waals surface area contributed by atoms with Crippen molar-refractivity contribution in [2.24, 2.45) is 0 Å². The lowest BCUT2D eigenvalue weighted by Crippen LogP contribution is -2.36. The zero-order chi connectivity index (χ0) is 17.8. The summed E-state index contributed by atoms with van der Waals surface area (Å²) in [5.41, 5.74) is 1.46. The molecule has 2 aromatic carbocycles. The van der Waals surface area contributed by atoms with E-state index in [0.717, 1.165) is 15.2 Å². The van der Waals surface area contributed by atoms with Crippen LogP contribution in [-0.2, 0) is 11.3 Å². The Morgan fingerprint density at radius 2 is 1.96 bits per heavy atom. The minimum Gasteiger partial charge on any atom is -0.351 e. The number of fused-ring (bicyclic) bond motifs is 1. The molecule has 3 aromatic rings. The highest BCUT2D eigenvalue weighted by molar-refractivity contribution is 7.18. The smallest absolute Gasteiger partial charge is 0.234 e. The Morgan fingerprint density at radius 1 is 1.24 bits per heavy atom. The van der Waals surface area contributed by atoms with Crippen molar-refractivity contribution in [3.63, 3.8) is 0 Å². The lowest BCUT2D eigenvalue weighted by molar-refractivity contribution is -0.122. The number of thiazole rings is 1. The van der Waals surface area contributed by atoms with Gasteiger partial charge in [-0.15, -0.1) is 11.3 Å². The van der Waals surface area contributed by atoms with E-state index >= 15 is 0 Å². The zero-order valence-electron chi connectivity index (χ0n) is 14.2. The van der Waals surface area contributed by atoms with Crippen LogP contribution in [0.2, 0.25) is 0 Å². The molecule has 0 aliphatic heterocycles. The maximum atomic E-state index is 13.6. The molecule has 1 atom stereocenters. The Kier molecular flexibility index (Phi) is 5.40. The molecule has 0 unspecified atom stereocenters. The Balaban J connectivity index is 1.58. The summed E-state index contributed by atoms with van der Waals surface area (Å²) >= 11 is 1.64. The van der Waals surface area contributed by atoms with Crippen molar-refractivity contribution in [1.29, 1.82) is 0 Å². The first-order valence-corrected chi connectivity index (χ1v) is 8.92. The summed E-state index contributed by atoms with van der Waals surface area (Å²) in [7, 11) is 1.89. The van der Waals surface area contributed by atoms with Crippen LogP contribution in [0.15, 0.2) is 48.5 Å². The molecule has 0 fully saturated rings. The first kappa shape index (κ1) is 17.5. The van der Waals surface area contributed by atoms with Crippen molar-refractivity contribution in [3.8, 4) is 0 Å². The van der Waals surface area contributed by atoms with Crippen LogP contribution in [0.1, 0.15) is 23.5 Å². The molecule has 1 heterocycles. The van der Waals surface area contributed by atoms with Crippen molar-refractivity contribution in [2.75, 3.05) is 13.6 Å². The van der Waals surface area contributed by atoms with E-state index in [0.29, 0.717) is 5.56 Å². The molecule has 0 radical (unpaired) electrons.